The standard InChI is InChI=1S/C11H13NO3/c1-3-8-4-5-9(11(14)15)10(6-8)12-7(2)13/h4-6H,3H2,1-2H3,(H,12,13)(H,14,15). The van der Waals surface area contributed by atoms with E-state index >= 15 is 0 Å². The number of benzene rings is 1. The van der Waals surface area contributed by atoms with Gasteiger partial charge in [0.2, 0.25) is 5.91 Å². The number of hydrogen-bond acceptors (Lipinski definition) is 2. The SMILES string of the molecule is CCc1ccc(C(=O)O)c(NC(C)=O)c1. The van der Waals surface area contributed by atoms with Gasteiger partial charge in [-0.2, -0.15) is 0 Å². The Morgan fingerprint density at radius 3 is 2.53 bits per heavy atom. The van der Waals surface area contributed by atoms with Gasteiger partial charge in [0.1, 0.15) is 0 Å². The molecule has 0 aromatic heterocycles. The quantitative estimate of drug-likeness (QED) is 0.795. The van der Waals surface area contributed by atoms with Crippen molar-refractivity contribution in [3.05, 3.63) is 29.3 Å². The van der Waals surface area contributed by atoms with Gasteiger partial charge in [-0.1, -0.05) is 13.0 Å². The van der Waals surface area contributed by atoms with E-state index in [0.717, 1.165) is 12.0 Å². The lowest BCUT2D eigenvalue weighted by Crippen LogP contribution is -2.11. The maximum atomic E-state index is 10.9. The maximum Gasteiger partial charge on any atom is 0.337 e. The van der Waals surface area contributed by atoms with Crippen molar-refractivity contribution in [2.24, 2.45) is 0 Å². The fourth-order valence-electron chi connectivity index (χ4n) is 1.29. The second kappa shape index (κ2) is 4.59. The highest BCUT2D eigenvalue weighted by Gasteiger charge is 2.10. The number of aryl methyl sites for hydroxylation is 1. The molecular formula is C11H13NO3. The van der Waals surface area contributed by atoms with Crippen LogP contribution in [0.5, 0.6) is 0 Å². The number of rotatable bonds is 3. The van der Waals surface area contributed by atoms with Crippen molar-refractivity contribution in [2.75, 3.05) is 5.32 Å². The molecule has 1 aromatic carbocycles. The van der Waals surface area contributed by atoms with E-state index in [9.17, 15) is 9.59 Å². The fraction of sp³-hybridized carbons (Fsp3) is 0.273. The van der Waals surface area contributed by atoms with Crippen LogP contribution in [0.2, 0.25) is 0 Å². The second-order valence-electron chi connectivity index (χ2n) is 3.22. The minimum Gasteiger partial charge on any atom is -0.478 e. The summed E-state index contributed by atoms with van der Waals surface area (Å²) in [4.78, 5) is 21.7. The normalized spacial score (nSPS) is 9.73. The lowest BCUT2D eigenvalue weighted by Gasteiger charge is -2.08. The number of carbonyl (C=O) groups excluding carboxylic acids is 1. The third-order valence-corrected chi connectivity index (χ3v) is 2.03. The monoisotopic (exact) mass is 207 g/mol. The second-order valence-corrected chi connectivity index (χ2v) is 3.22. The molecule has 0 saturated carbocycles. The molecule has 4 nitrogen and oxygen atoms in total. The highest BCUT2D eigenvalue weighted by Crippen LogP contribution is 2.18. The Morgan fingerprint density at radius 1 is 1.40 bits per heavy atom. The summed E-state index contributed by atoms with van der Waals surface area (Å²) in [5.41, 5.74) is 1.46. The Labute approximate surface area is 87.9 Å². The zero-order valence-electron chi connectivity index (χ0n) is 8.70. The predicted octanol–water partition coefficient (Wildman–Crippen LogP) is 1.91. The first kappa shape index (κ1) is 11.2. The Bertz CT molecular complexity index is 399. The molecule has 0 bridgehead atoms. The van der Waals surface area contributed by atoms with Crippen molar-refractivity contribution in [1.29, 1.82) is 0 Å². The summed E-state index contributed by atoms with van der Waals surface area (Å²) >= 11 is 0. The number of amides is 1. The minimum atomic E-state index is -1.04. The summed E-state index contributed by atoms with van der Waals surface area (Å²) in [6.07, 6.45) is 0.798. The van der Waals surface area contributed by atoms with Crippen molar-refractivity contribution in [3.63, 3.8) is 0 Å². The molecule has 1 amide bonds. The molecule has 0 aliphatic carbocycles. The van der Waals surface area contributed by atoms with E-state index < -0.39 is 5.97 Å². The van der Waals surface area contributed by atoms with Crippen LogP contribution in [0.15, 0.2) is 18.2 Å². The van der Waals surface area contributed by atoms with Crippen molar-refractivity contribution in [1.82, 2.24) is 0 Å². The average molecular weight is 207 g/mol. The minimum absolute atomic E-state index is 0.113. The van der Waals surface area contributed by atoms with Crippen LogP contribution in [0.25, 0.3) is 0 Å². The summed E-state index contributed by atoms with van der Waals surface area (Å²) in [6, 6.07) is 4.94. The molecular weight excluding hydrogens is 194 g/mol. The summed E-state index contributed by atoms with van der Waals surface area (Å²) in [5.74, 6) is -1.31. The van der Waals surface area contributed by atoms with Crippen LogP contribution in [0.4, 0.5) is 5.69 Å². The van der Waals surface area contributed by atoms with Crippen LogP contribution in [-0.2, 0) is 11.2 Å². The molecule has 1 aromatic rings. The van der Waals surface area contributed by atoms with Crippen LogP contribution in [-0.4, -0.2) is 17.0 Å². The molecule has 80 valence electrons. The largest absolute Gasteiger partial charge is 0.478 e. The van der Waals surface area contributed by atoms with Crippen LogP contribution >= 0.6 is 0 Å². The van der Waals surface area contributed by atoms with Crippen molar-refractivity contribution < 1.29 is 14.7 Å². The van der Waals surface area contributed by atoms with Gasteiger partial charge in [0, 0.05) is 6.92 Å². The summed E-state index contributed by atoms with van der Waals surface area (Å²) < 4.78 is 0. The van der Waals surface area contributed by atoms with E-state index in [1.807, 2.05) is 6.92 Å². The van der Waals surface area contributed by atoms with E-state index in [-0.39, 0.29) is 11.5 Å². The molecule has 4 heteroatoms. The lowest BCUT2D eigenvalue weighted by atomic mass is 10.1. The molecule has 15 heavy (non-hydrogen) atoms. The summed E-state index contributed by atoms with van der Waals surface area (Å²) in [6.45, 7) is 3.32. The molecule has 1 rings (SSSR count). The topological polar surface area (TPSA) is 66.4 Å². The van der Waals surface area contributed by atoms with Crippen LogP contribution in [0.3, 0.4) is 0 Å². The Kier molecular flexibility index (Phi) is 3.44. The van der Waals surface area contributed by atoms with Gasteiger partial charge in [0.15, 0.2) is 0 Å². The van der Waals surface area contributed by atoms with Crippen molar-refractivity contribution in [2.45, 2.75) is 20.3 Å². The Morgan fingerprint density at radius 2 is 2.07 bits per heavy atom. The summed E-state index contributed by atoms with van der Waals surface area (Å²) in [5, 5.41) is 11.4. The van der Waals surface area contributed by atoms with Gasteiger partial charge < -0.3 is 10.4 Å². The third kappa shape index (κ3) is 2.80. The zero-order chi connectivity index (χ0) is 11.4. The molecule has 0 aliphatic heterocycles. The molecule has 0 unspecified atom stereocenters. The van der Waals surface area contributed by atoms with Crippen molar-refractivity contribution >= 4 is 17.6 Å². The highest BCUT2D eigenvalue weighted by molar-refractivity contribution is 5.99. The summed E-state index contributed by atoms with van der Waals surface area (Å²) in [7, 11) is 0. The number of carbonyl (C=O) groups is 2. The smallest absolute Gasteiger partial charge is 0.337 e. The molecule has 0 fully saturated rings. The molecule has 0 radical (unpaired) electrons. The predicted molar refractivity (Wildman–Crippen MR) is 57.1 cm³/mol. The van der Waals surface area contributed by atoms with Crippen LogP contribution < -0.4 is 5.32 Å². The molecule has 0 atom stereocenters. The lowest BCUT2D eigenvalue weighted by molar-refractivity contribution is -0.114. The molecule has 0 spiro atoms. The van der Waals surface area contributed by atoms with Gasteiger partial charge >= 0.3 is 5.97 Å². The van der Waals surface area contributed by atoms with Crippen LogP contribution in [0.1, 0.15) is 29.8 Å². The number of carboxylic acids is 1. The van der Waals surface area contributed by atoms with E-state index in [2.05, 4.69) is 5.32 Å². The first-order valence-corrected chi connectivity index (χ1v) is 4.68. The first-order valence-electron chi connectivity index (χ1n) is 4.68. The highest BCUT2D eigenvalue weighted by atomic mass is 16.4. The number of hydrogen-bond donors (Lipinski definition) is 2. The van der Waals surface area contributed by atoms with Gasteiger partial charge in [0.05, 0.1) is 11.3 Å². The van der Waals surface area contributed by atoms with E-state index in [0.29, 0.717) is 5.69 Å². The van der Waals surface area contributed by atoms with Gasteiger partial charge in [-0.05, 0) is 24.1 Å². The molecule has 0 saturated heterocycles. The van der Waals surface area contributed by atoms with E-state index in [1.165, 1.54) is 13.0 Å². The Hall–Kier alpha value is -1.84. The zero-order valence-corrected chi connectivity index (χ0v) is 8.70. The van der Waals surface area contributed by atoms with E-state index in [4.69, 9.17) is 5.11 Å². The number of anilines is 1. The Balaban J connectivity index is 3.16. The van der Waals surface area contributed by atoms with Gasteiger partial charge in [-0.3, -0.25) is 4.79 Å². The van der Waals surface area contributed by atoms with E-state index in [1.54, 1.807) is 12.1 Å². The fourth-order valence-corrected chi connectivity index (χ4v) is 1.29. The van der Waals surface area contributed by atoms with Gasteiger partial charge in [-0.15, -0.1) is 0 Å². The number of nitrogens with one attached hydrogen (secondary N) is 1. The first-order chi connectivity index (χ1) is 7.04. The third-order valence-electron chi connectivity index (χ3n) is 2.03. The number of carboxylic acid groups (broad SMARTS) is 1. The van der Waals surface area contributed by atoms with Crippen LogP contribution in [0, 0.1) is 0 Å². The molecule has 0 aliphatic rings. The number of aromatic carboxylic acids is 1. The average Bonchev–Trinajstić information content (AvgIpc) is 2.16. The molecule has 2 N–H and O–H groups in total. The van der Waals surface area contributed by atoms with Gasteiger partial charge in [0.25, 0.3) is 0 Å². The maximum absolute atomic E-state index is 10.9. The van der Waals surface area contributed by atoms with Crippen molar-refractivity contribution in [3.8, 4) is 0 Å². The van der Waals surface area contributed by atoms with Gasteiger partial charge in [-0.25, -0.2) is 4.79 Å². The molecule has 0 heterocycles.